The van der Waals surface area contributed by atoms with Gasteiger partial charge >= 0.3 is 0 Å². The first-order valence-electron chi connectivity index (χ1n) is 6.85. The molecule has 0 spiro atoms. The lowest BCUT2D eigenvalue weighted by Gasteiger charge is -2.05. The Labute approximate surface area is 127 Å². The Morgan fingerprint density at radius 2 is 2.00 bits per heavy atom. The predicted octanol–water partition coefficient (Wildman–Crippen LogP) is 2.57. The molecule has 0 fully saturated rings. The Morgan fingerprint density at radius 3 is 2.68 bits per heavy atom. The van der Waals surface area contributed by atoms with Crippen LogP contribution in [-0.2, 0) is 11.3 Å². The SMILES string of the molecule is N#Cc1ccc(-c2cc(CNC(=O)C3C=CC=C3)on2)cc1. The van der Waals surface area contributed by atoms with Crippen molar-refractivity contribution in [2.75, 3.05) is 0 Å². The number of allylic oxidation sites excluding steroid dienone is 2. The van der Waals surface area contributed by atoms with Crippen LogP contribution >= 0.6 is 0 Å². The molecule has 1 heterocycles. The lowest BCUT2D eigenvalue weighted by Crippen LogP contribution is -2.27. The Kier molecular flexibility index (Phi) is 3.84. The summed E-state index contributed by atoms with van der Waals surface area (Å²) in [5.41, 5.74) is 2.13. The zero-order valence-electron chi connectivity index (χ0n) is 11.7. The average molecular weight is 291 g/mol. The number of nitrogens with one attached hydrogen (secondary N) is 1. The second-order valence-electron chi connectivity index (χ2n) is 4.88. The van der Waals surface area contributed by atoms with E-state index < -0.39 is 0 Å². The van der Waals surface area contributed by atoms with Gasteiger partial charge in [-0.15, -0.1) is 0 Å². The monoisotopic (exact) mass is 291 g/mol. The molecule has 1 N–H and O–H groups in total. The van der Waals surface area contributed by atoms with E-state index in [1.165, 1.54) is 0 Å². The summed E-state index contributed by atoms with van der Waals surface area (Å²) < 4.78 is 5.22. The number of rotatable bonds is 4. The van der Waals surface area contributed by atoms with Crippen LogP contribution in [-0.4, -0.2) is 11.1 Å². The van der Waals surface area contributed by atoms with Gasteiger partial charge in [-0.3, -0.25) is 4.79 Å². The number of carbonyl (C=O) groups excluding carboxylic acids is 1. The van der Waals surface area contributed by atoms with Crippen molar-refractivity contribution in [3.05, 3.63) is 66.0 Å². The summed E-state index contributed by atoms with van der Waals surface area (Å²) in [6.07, 6.45) is 7.36. The number of aromatic nitrogens is 1. The standard InChI is InChI=1S/C17H13N3O2/c18-10-12-5-7-13(8-6-12)16-9-15(22-20-16)11-19-17(21)14-3-1-2-4-14/h1-9,14H,11H2,(H,19,21). The van der Waals surface area contributed by atoms with Crippen molar-refractivity contribution in [3.8, 4) is 17.3 Å². The first-order valence-corrected chi connectivity index (χ1v) is 6.85. The minimum absolute atomic E-state index is 0.0682. The van der Waals surface area contributed by atoms with E-state index >= 15 is 0 Å². The van der Waals surface area contributed by atoms with Crippen LogP contribution in [0.25, 0.3) is 11.3 Å². The molecule has 0 saturated heterocycles. The van der Waals surface area contributed by atoms with Crippen molar-refractivity contribution in [2.24, 2.45) is 5.92 Å². The molecule has 0 unspecified atom stereocenters. The number of hydrogen-bond donors (Lipinski definition) is 1. The maximum atomic E-state index is 11.9. The van der Waals surface area contributed by atoms with Crippen LogP contribution in [0.2, 0.25) is 0 Å². The molecular formula is C17H13N3O2. The van der Waals surface area contributed by atoms with Crippen LogP contribution in [0.1, 0.15) is 11.3 Å². The minimum atomic E-state index is -0.207. The van der Waals surface area contributed by atoms with Crippen LogP contribution < -0.4 is 5.32 Å². The maximum absolute atomic E-state index is 11.9. The van der Waals surface area contributed by atoms with Crippen molar-refractivity contribution in [1.29, 1.82) is 5.26 Å². The Bertz CT molecular complexity index is 767. The fourth-order valence-corrected chi connectivity index (χ4v) is 2.15. The Morgan fingerprint density at radius 1 is 1.27 bits per heavy atom. The molecule has 0 radical (unpaired) electrons. The second-order valence-corrected chi connectivity index (χ2v) is 4.88. The van der Waals surface area contributed by atoms with Gasteiger partial charge in [0.05, 0.1) is 24.1 Å². The summed E-state index contributed by atoms with van der Waals surface area (Å²) in [5, 5.41) is 15.6. The van der Waals surface area contributed by atoms with Gasteiger partial charge in [0.1, 0.15) is 5.69 Å². The van der Waals surface area contributed by atoms with E-state index in [4.69, 9.17) is 9.78 Å². The average Bonchev–Trinajstić information content (AvgIpc) is 3.24. The summed E-state index contributed by atoms with van der Waals surface area (Å²) in [5.74, 6) is 0.306. The Hall–Kier alpha value is -3.13. The van der Waals surface area contributed by atoms with E-state index in [0.29, 0.717) is 23.6 Å². The largest absolute Gasteiger partial charge is 0.359 e. The summed E-state index contributed by atoms with van der Waals surface area (Å²) in [4.78, 5) is 11.9. The number of benzene rings is 1. The molecule has 1 amide bonds. The van der Waals surface area contributed by atoms with E-state index in [0.717, 1.165) is 5.56 Å². The van der Waals surface area contributed by atoms with Crippen molar-refractivity contribution in [1.82, 2.24) is 10.5 Å². The normalized spacial score (nSPS) is 13.2. The number of carbonyl (C=O) groups is 1. The van der Waals surface area contributed by atoms with Gasteiger partial charge in [-0.05, 0) is 12.1 Å². The van der Waals surface area contributed by atoms with Gasteiger partial charge in [-0.2, -0.15) is 5.26 Å². The highest BCUT2D eigenvalue weighted by atomic mass is 16.5. The molecule has 5 nitrogen and oxygen atoms in total. The summed E-state index contributed by atoms with van der Waals surface area (Å²) >= 11 is 0. The van der Waals surface area contributed by atoms with Crippen molar-refractivity contribution in [2.45, 2.75) is 6.54 Å². The molecule has 1 aliphatic carbocycles. The quantitative estimate of drug-likeness (QED) is 0.939. The first-order chi connectivity index (χ1) is 10.8. The Balaban J connectivity index is 1.63. The fraction of sp³-hybridized carbons (Fsp3) is 0.118. The van der Waals surface area contributed by atoms with E-state index in [1.54, 1.807) is 18.2 Å². The van der Waals surface area contributed by atoms with E-state index in [9.17, 15) is 4.79 Å². The van der Waals surface area contributed by atoms with Gasteiger partial charge in [-0.1, -0.05) is 41.6 Å². The van der Waals surface area contributed by atoms with E-state index in [1.807, 2.05) is 36.4 Å². The third-order valence-electron chi connectivity index (χ3n) is 3.36. The highest BCUT2D eigenvalue weighted by Gasteiger charge is 2.14. The third-order valence-corrected chi connectivity index (χ3v) is 3.36. The predicted molar refractivity (Wildman–Crippen MR) is 80.3 cm³/mol. The van der Waals surface area contributed by atoms with Gasteiger partial charge in [0.15, 0.2) is 5.76 Å². The molecule has 22 heavy (non-hydrogen) atoms. The molecule has 1 aromatic heterocycles. The number of hydrogen-bond acceptors (Lipinski definition) is 4. The van der Waals surface area contributed by atoms with Gasteiger partial charge in [-0.25, -0.2) is 0 Å². The smallest absolute Gasteiger partial charge is 0.231 e. The molecule has 1 aliphatic rings. The molecule has 3 rings (SSSR count). The maximum Gasteiger partial charge on any atom is 0.231 e. The van der Waals surface area contributed by atoms with Crippen LogP contribution in [0.5, 0.6) is 0 Å². The van der Waals surface area contributed by atoms with E-state index in [2.05, 4.69) is 16.5 Å². The molecule has 108 valence electrons. The van der Waals surface area contributed by atoms with Crippen LogP contribution in [0.3, 0.4) is 0 Å². The highest BCUT2D eigenvalue weighted by molar-refractivity contribution is 5.83. The number of nitrogens with zero attached hydrogens (tertiary/aromatic N) is 2. The minimum Gasteiger partial charge on any atom is -0.359 e. The van der Waals surface area contributed by atoms with Gasteiger partial charge in [0, 0.05) is 11.6 Å². The first kappa shape index (κ1) is 13.8. The zero-order chi connectivity index (χ0) is 15.4. The topological polar surface area (TPSA) is 78.9 Å². The van der Waals surface area contributed by atoms with Crippen LogP contribution in [0, 0.1) is 17.2 Å². The molecule has 0 atom stereocenters. The molecule has 0 saturated carbocycles. The van der Waals surface area contributed by atoms with Crippen molar-refractivity contribution >= 4 is 5.91 Å². The molecular weight excluding hydrogens is 278 g/mol. The summed E-state index contributed by atoms with van der Waals surface area (Å²) in [6, 6.07) is 10.9. The zero-order valence-corrected chi connectivity index (χ0v) is 11.7. The van der Waals surface area contributed by atoms with Crippen LogP contribution in [0.4, 0.5) is 0 Å². The third kappa shape index (κ3) is 2.96. The molecule has 0 bridgehead atoms. The lowest BCUT2D eigenvalue weighted by molar-refractivity contribution is -0.122. The summed E-state index contributed by atoms with van der Waals surface area (Å²) in [6.45, 7) is 0.292. The lowest BCUT2D eigenvalue weighted by atomic mass is 10.1. The van der Waals surface area contributed by atoms with E-state index in [-0.39, 0.29) is 11.8 Å². The van der Waals surface area contributed by atoms with Crippen LogP contribution in [0.15, 0.2) is 59.2 Å². The van der Waals surface area contributed by atoms with Crippen molar-refractivity contribution in [3.63, 3.8) is 0 Å². The molecule has 0 aliphatic heterocycles. The molecule has 5 heteroatoms. The summed E-state index contributed by atoms with van der Waals surface area (Å²) in [7, 11) is 0. The number of amides is 1. The number of nitriles is 1. The highest BCUT2D eigenvalue weighted by Crippen LogP contribution is 2.19. The van der Waals surface area contributed by atoms with Gasteiger partial charge in [0.25, 0.3) is 0 Å². The molecule has 2 aromatic rings. The van der Waals surface area contributed by atoms with Gasteiger partial charge < -0.3 is 9.84 Å². The van der Waals surface area contributed by atoms with Crippen molar-refractivity contribution < 1.29 is 9.32 Å². The molecule has 1 aromatic carbocycles. The second kappa shape index (κ2) is 6.10. The fourth-order valence-electron chi connectivity index (χ4n) is 2.15. The van der Waals surface area contributed by atoms with Gasteiger partial charge in [0.2, 0.25) is 5.91 Å².